The monoisotopic (exact) mass is 264 g/mol. The molecule has 0 atom stereocenters. The Hall–Kier alpha value is -0.860. The Morgan fingerprint density at radius 2 is 1.47 bits per heavy atom. The number of hydrogen-bond donors (Lipinski definition) is 1. The molecule has 1 heterocycles. The highest BCUT2D eigenvalue weighted by atomic mass is 15.2. The highest BCUT2D eigenvalue weighted by Crippen LogP contribution is 2.11. The summed E-state index contributed by atoms with van der Waals surface area (Å²) in [5.74, 6) is 0.659. The molecule has 2 heteroatoms. The minimum atomic E-state index is 0. The van der Waals surface area contributed by atoms with Gasteiger partial charge in [0, 0.05) is 32.2 Å². The fraction of sp³-hybridized carbons (Fsp3) is 0.647. The molecule has 0 amide bonds. The smallest absolute Gasteiger partial charge is 0.0110 e. The summed E-state index contributed by atoms with van der Waals surface area (Å²) in [6.07, 6.45) is 0. The molecular weight excluding hydrogens is 232 g/mol. The number of piperazine rings is 1. The van der Waals surface area contributed by atoms with Crippen molar-refractivity contribution < 1.29 is 0 Å². The van der Waals surface area contributed by atoms with Crippen LogP contribution in [0.4, 0.5) is 0 Å². The van der Waals surface area contributed by atoms with Crippen LogP contribution < -0.4 is 5.32 Å². The fourth-order valence-corrected chi connectivity index (χ4v) is 2.04. The maximum Gasteiger partial charge on any atom is 0.0110 e. The van der Waals surface area contributed by atoms with Gasteiger partial charge in [-0.05, 0) is 25.3 Å². The summed E-state index contributed by atoms with van der Waals surface area (Å²) in [5.41, 5.74) is 1.41. The van der Waals surface area contributed by atoms with Crippen LogP contribution in [0.1, 0.15) is 46.6 Å². The van der Waals surface area contributed by atoms with Gasteiger partial charge in [-0.3, -0.25) is 4.90 Å². The third kappa shape index (κ3) is 7.34. The van der Waals surface area contributed by atoms with Crippen LogP contribution >= 0.6 is 0 Å². The number of nitrogens with zero attached hydrogens (tertiary/aromatic N) is 1. The van der Waals surface area contributed by atoms with Crippen molar-refractivity contribution in [3.63, 3.8) is 0 Å². The van der Waals surface area contributed by atoms with Crippen LogP contribution in [0, 0.1) is 0 Å². The van der Waals surface area contributed by atoms with Gasteiger partial charge in [0.15, 0.2) is 0 Å². The van der Waals surface area contributed by atoms with E-state index in [2.05, 4.69) is 62.2 Å². The van der Waals surface area contributed by atoms with Gasteiger partial charge in [0.05, 0.1) is 0 Å². The second-order valence-corrected chi connectivity index (χ2v) is 5.45. The van der Waals surface area contributed by atoms with Crippen LogP contribution in [-0.4, -0.2) is 37.1 Å². The molecule has 0 saturated carbocycles. The molecule has 0 aliphatic carbocycles. The van der Waals surface area contributed by atoms with Gasteiger partial charge in [0.2, 0.25) is 0 Å². The molecule has 1 aromatic rings. The maximum absolute atomic E-state index is 3.33. The predicted octanol–water partition coefficient (Wildman–Crippen LogP) is 3.75. The van der Waals surface area contributed by atoms with Crippen molar-refractivity contribution in [2.45, 2.75) is 47.1 Å². The van der Waals surface area contributed by atoms with E-state index >= 15 is 0 Å². The number of hydrogen-bond acceptors (Lipinski definition) is 2. The van der Waals surface area contributed by atoms with Gasteiger partial charge >= 0.3 is 0 Å². The normalized spacial score (nSPS) is 15.7. The minimum absolute atomic E-state index is 0. The molecule has 1 aromatic carbocycles. The largest absolute Gasteiger partial charge is 0.314 e. The van der Waals surface area contributed by atoms with Crippen molar-refractivity contribution in [2.75, 3.05) is 26.2 Å². The summed E-state index contributed by atoms with van der Waals surface area (Å²) >= 11 is 0. The molecule has 0 spiro atoms. The first-order valence-electron chi connectivity index (χ1n) is 7.11. The zero-order valence-corrected chi connectivity index (χ0v) is 12.3. The zero-order chi connectivity index (χ0) is 13.4. The second-order valence-electron chi connectivity index (χ2n) is 5.45. The molecule has 1 saturated heterocycles. The quantitative estimate of drug-likeness (QED) is 0.875. The van der Waals surface area contributed by atoms with E-state index in [0.717, 1.165) is 19.1 Å². The molecule has 1 aliphatic rings. The van der Waals surface area contributed by atoms with Gasteiger partial charge in [-0.15, -0.1) is 0 Å². The first kappa shape index (κ1) is 18.1. The highest BCUT2D eigenvalue weighted by molar-refractivity contribution is 5.17. The molecule has 0 unspecified atom stereocenters. The summed E-state index contributed by atoms with van der Waals surface area (Å²) in [6.45, 7) is 13.7. The van der Waals surface area contributed by atoms with Crippen molar-refractivity contribution in [2.24, 2.45) is 0 Å². The van der Waals surface area contributed by atoms with E-state index in [1.807, 2.05) is 6.07 Å². The van der Waals surface area contributed by atoms with Crippen LogP contribution in [0.25, 0.3) is 0 Å². The predicted molar refractivity (Wildman–Crippen MR) is 86.8 cm³/mol. The van der Waals surface area contributed by atoms with E-state index in [-0.39, 0.29) is 7.43 Å². The lowest BCUT2D eigenvalue weighted by atomic mass is 10.0. The van der Waals surface area contributed by atoms with Gasteiger partial charge < -0.3 is 5.32 Å². The van der Waals surface area contributed by atoms with Crippen molar-refractivity contribution in [1.29, 1.82) is 0 Å². The second kappa shape index (κ2) is 9.99. The van der Waals surface area contributed by atoms with E-state index in [4.69, 9.17) is 0 Å². The molecule has 1 fully saturated rings. The summed E-state index contributed by atoms with van der Waals surface area (Å²) in [6, 6.07) is 11.2. The number of nitrogens with one attached hydrogen (secondary N) is 1. The van der Waals surface area contributed by atoms with Crippen LogP contribution in [-0.2, 0) is 0 Å². The van der Waals surface area contributed by atoms with E-state index in [1.54, 1.807) is 0 Å². The van der Waals surface area contributed by atoms with Crippen molar-refractivity contribution in [1.82, 2.24) is 10.2 Å². The van der Waals surface area contributed by atoms with Crippen molar-refractivity contribution in [3.05, 3.63) is 35.9 Å². The Labute approximate surface area is 120 Å². The highest BCUT2D eigenvalue weighted by Gasteiger charge is 2.11. The van der Waals surface area contributed by atoms with Crippen LogP contribution in [0.3, 0.4) is 0 Å². The number of rotatable bonds is 2. The molecule has 0 bridgehead atoms. The molecule has 1 N–H and O–H groups in total. The topological polar surface area (TPSA) is 15.3 Å². The van der Waals surface area contributed by atoms with Crippen molar-refractivity contribution >= 4 is 0 Å². The SMILES string of the molecule is C.CC(C)N1CCNCC1.CC(C)c1ccccc1. The fourth-order valence-electron chi connectivity index (χ4n) is 2.04. The Kier molecular flexibility index (Phi) is 9.54. The van der Waals surface area contributed by atoms with Gasteiger partial charge in [0.25, 0.3) is 0 Å². The standard InChI is InChI=1S/C9H12.C7H16N2.CH4/c1-8(2)9-6-4-3-5-7-9;1-7(2)9-5-3-8-4-6-9;/h3-8H,1-2H3;7-8H,3-6H2,1-2H3;1H4. The zero-order valence-electron chi connectivity index (χ0n) is 12.3. The van der Waals surface area contributed by atoms with Crippen molar-refractivity contribution in [3.8, 4) is 0 Å². The van der Waals surface area contributed by atoms with Gasteiger partial charge in [0.1, 0.15) is 0 Å². The van der Waals surface area contributed by atoms with E-state index in [1.165, 1.54) is 18.7 Å². The lowest BCUT2D eigenvalue weighted by Crippen LogP contribution is -2.46. The van der Waals surface area contributed by atoms with Crippen LogP contribution in [0.2, 0.25) is 0 Å². The maximum atomic E-state index is 3.33. The molecule has 1 aliphatic heterocycles. The number of benzene rings is 1. The first-order valence-corrected chi connectivity index (χ1v) is 7.11. The first-order chi connectivity index (χ1) is 8.61. The lowest BCUT2D eigenvalue weighted by molar-refractivity contribution is 0.196. The lowest BCUT2D eigenvalue weighted by Gasteiger charge is -2.30. The summed E-state index contributed by atoms with van der Waals surface area (Å²) in [7, 11) is 0. The third-order valence-corrected chi connectivity index (χ3v) is 3.35. The summed E-state index contributed by atoms with van der Waals surface area (Å²) < 4.78 is 0. The molecule has 2 nitrogen and oxygen atoms in total. The average molecular weight is 264 g/mol. The molecule has 110 valence electrons. The summed E-state index contributed by atoms with van der Waals surface area (Å²) in [5, 5.41) is 3.33. The molecule has 0 aromatic heterocycles. The Balaban J connectivity index is 0.000000324. The van der Waals surface area contributed by atoms with Gasteiger partial charge in [-0.2, -0.15) is 0 Å². The molecule has 19 heavy (non-hydrogen) atoms. The Morgan fingerprint density at radius 3 is 1.79 bits per heavy atom. The summed E-state index contributed by atoms with van der Waals surface area (Å²) in [4.78, 5) is 2.50. The molecular formula is C17H32N2. The molecule has 2 rings (SSSR count). The molecule has 0 radical (unpaired) electrons. The van der Waals surface area contributed by atoms with E-state index in [9.17, 15) is 0 Å². The van der Waals surface area contributed by atoms with E-state index in [0.29, 0.717) is 5.92 Å². The van der Waals surface area contributed by atoms with E-state index < -0.39 is 0 Å². The Morgan fingerprint density at radius 1 is 0.947 bits per heavy atom. The minimum Gasteiger partial charge on any atom is -0.314 e. The average Bonchev–Trinajstić information content (AvgIpc) is 2.41. The third-order valence-electron chi connectivity index (χ3n) is 3.35. The van der Waals surface area contributed by atoms with Gasteiger partial charge in [-0.1, -0.05) is 51.6 Å². The van der Waals surface area contributed by atoms with Crippen LogP contribution in [0.15, 0.2) is 30.3 Å². The Bertz CT molecular complexity index is 300. The van der Waals surface area contributed by atoms with Crippen LogP contribution in [0.5, 0.6) is 0 Å². The van der Waals surface area contributed by atoms with Gasteiger partial charge in [-0.25, -0.2) is 0 Å².